The van der Waals surface area contributed by atoms with Gasteiger partial charge in [-0.05, 0) is 29.8 Å². The Balaban J connectivity index is 1.90. The molecule has 3 N–H and O–H groups in total. The lowest BCUT2D eigenvalue weighted by Gasteiger charge is -2.12. The number of ether oxygens (including phenoxy) is 2. The second kappa shape index (κ2) is 8.18. The smallest absolute Gasteiger partial charge is 0.254 e. The molecule has 0 atom stereocenters. The Bertz CT molecular complexity index is 945. The molecule has 0 aliphatic carbocycles. The quantitative estimate of drug-likeness (QED) is 0.669. The van der Waals surface area contributed by atoms with Gasteiger partial charge in [0.2, 0.25) is 0 Å². The van der Waals surface area contributed by atoms with Crippen LogP contribution in [0, 0.1) is 0 Å². The van der Waals surface area contributed by atoms with E-state index in [4.69, 9.17) is 15.2 Å². The van der Waals surface area contributed by atoms with Gasteiger partial charge in [0.05, 0.1) is 14.2 Å². The SMILES string of the molecule is COc1ccc(Cc2ncc(C(N)=O)c(Nc3ccccc3)n2)cc1OC. The number of aromatic nitrogens is 2. The number of benzene rings is 2. The minimum Gasteiger partial charge on any atom is -0.493 e. The fraction of sp³-hybridized carbons (Fsp3) is 0.150. The van der Waals surface area contributed by atoms with Crippen molar-refractivity contribution in [1.29, 1.82) is 0 Å². The maximum atomic E-state index is 11.7. The van der Waals surface area contributed by atoms with Crippen LogP contribution in [0.2, 0.25) is 0 Å². The monoisotopic (exact) mass is 364 g/mol. The third-order valence-electron chi connectivity index (χ3n) is 3.95. The van der Waals surface area contributed by atoms with Crippen LogP contribution >= 0.6 is 0 Å². The zero-order valence-electron chi connectivity index (χ0n) is 15.1. The first kappa shape index (κ1) is 18.2. The molecule has 0 unspecified atom stereocenters. The molecule has 0 spiro atoms. The van der Waals surface area contributed by atoms with Crippen LogP contribution < -0.4 is 20.5 Å². The average molecular weight is 364 g/mol. The molecular weight excluding hydrogens is 344 g/mol. The molecule has 1 aromatic heterocycles. The molecule has 1 heterocycles. The third kappa shape index (κ3) is 4.33. The number of rotatable bonds is 7. The van der Waals surface area contributed by atoms with E-state index in [1.807, 2.05) is 48.5 Å². The van der Waals surface area contributed by atoms with Crippen molar-refractivity contribution in [2.24, 2.45) is 5.73 Å². The van der Waals surface area contributed by atoms with Crippen molar-refractivity contribution in [2.75, 3.05) is 19.5 Å². The second-order valence-corrected chi connectivity index (χ2v) is 5.77. The summed E-state index contributed by atoms with van der Waals surface area (Å²) in [5, 5.41) is 3.12. The highest BCUT2D eigenvalue weighted by Crippen LogP contribution is 2.28. The number of para-hydroxylation sites is 1. The Kier molecular flexibility index (Phi) is 5.51. The molecular formula is C20H20N4O3. The second-order valence-electron chi connectivity index (χ2n) is 5.77. The fourth-order valence-electron chi connectivity index (χ4n) is 2.61. The maximum Gasteiger partial charge on any atom is 0.254 e. The van der Waals surface area contributed by atoms with Crippen molar-refractivity contribution >= 4 is 17.4 Å². The van der Waals surface area contributed by atoms with Crippen LogP contribution in [0.4, 0.5) is 11.5 Å². The van der Waals surface area contributed by atoms with Gasteiger partial charge in [-0.3, -0.25) is 4.79 Å². The normalized spacial score (nSPS) is 10.3. The summed E-state index contributed by atoms with van der Waals surface area (Å²) in [5.41, 5.74) is 7.43. The van der Waals surface area contributed by atoms with Crippen LogP contribution in [0.25, 0.3) is 0 Å². The molecule has 27 heavy (non-hydrogen) atoms. The number of carbonyl (C=O) groups is 1. The van der Waals surface area contributed by atoms with Gasteiger partial charge in [0, 0.05) is 18.3 Å². The summed E-state index contributed by atoms with van der Waals surface area (Å²) < 4.78 is 10.6. The van der Waals surface area contributed by atoms with Crippen molar-refractivity contribution in [3.8, 4) is 11.5 Å². The number of nitrogens with one attached hydrogen (secondary N) is 1. The summed E-state index contributed by atoms with van der Waals surface area (Å²) in [6.07, 6.45) is 1.90. The van der Waals surface area contributed by atoms with E-state index in [2.05, 4.69) is 15.3 Å². The van der Waals surface area contributed by atoms with Gasteiger partial charge >= 0.3 is 0 Å². The van der Waals surface area contributed by atoms with Crippen LogP contribution in [0.5, 0.6) is 11.5 Å². The van der Waals surface area contributed by atoms with E-state index in [1.165, 1.54) is 6.20 Å². The summed E-state index contributed by atoms with van der Waals surface area (Å²) in [5.74, 6) is 1.61. The molecule has 0 aliphatic heterocycles. The number of primary amides is 1. The Hall–Kier alpha value is -3.61. The topological polar surface area (TPSA) is 99.4 Å². The largest absolute Gasteiger partial charge is 0.493 e. The molecule has 0 aliphatic rings. The van der Waals surface area contributed by atoms with Crippen molar-refractivity contribution < 1.29 is 14.3 Å². The van der Waals surface area contributed by atoms with E-state index >= 15 is 0 Å². The van der Waals surface area contributed by atoms with Crippen LogP contribution in [-0.4, -0.2) is 30.1 Å². The van der Waals surface area contributed by atoms with E-state index in [9.17, 15) is 4.79 Å². The minimum atomic E-state index is -0.592. The number of carbonyl (C=O) groups excluding carboxylic acids is 1. The molecule has 3 rings (SSSR count). The number of amides is 1. The molecule has 1 amide bonds. The number of methoxy groups -OCH3 is 2. The summed E-state index contributed by atoms with van der Waals surface area (Å²) in [6, 6.07) is 15.0. The van der Waals surface area contributed by atoms with Gasteiger partial charge in [0.1, 0.15) is 17.2 Å². The molecule has 0 fully saturated rings. The maximum absolute atomic E-state index is 11.7. The van der Waals surface area contributed by atoms with Crippen LogP contribution in [0.15, 0.2) is 54.7 Å². The van der Waals surface area contributed by atoms with E-state index in [-0.39, 0.29) is 5.56 Å². The van der Waals surface area contributed by atoms with Crippen LogP contribution in [0.1, 0.15) is 21.7 Å². The van der Waals surface area contributed by atoms with Crippen molar-refractivity contribution in [3.63, 3.8) is 0 Å². The zero-order valence-corrected chi connectivity index (χ0v) is 15.1. The van der Waals surface area contributed by atoms with Gasteiger partial charge < -0.3 is 20.5 Å². The van der Waals surface area contributed by atoms with Gasteiger partial charge in [0.15, 0.2) is 11.5 Å². The first-order chi connectivity index (χ1) is 13.1. The van der Waals surface area contributed by atoms with Gasteiger partial charge in [-0.15, -0.1) is 0 Å². The number of hydrogen-bond acceptors (Lipinski definition) is 6. The van der Waals surface area contributed by atoms with E-state index < -0.39 is 5.91 Å². The third-order valence-corrected chi connectivity index (χ3v) is 3.95. The highest BCUT2D eigenvalue weighted by atomic mass is 16.5. The van der Waals surface area contributed by atoms with Gasteiger partial charge in [0.25, 0.3) is 5.91 Å². The van der Waals surface area contributed by atoms with Gasteiger partial charge in [-0.2, -0.15) is 0 Å². The molecule has 0 radical (unpaired) electrons. The average Bonchev–Trinajstić information content (AvgIpc) is 2.68. The predicted octanol–water partition coefficient (Wildman–Crippen LogP) is 2.93. The summed E-state index contributed by atoms with van der Waals surface area (Å²) in [7, 11) is 3.17. The van der Waals surface area contributed by atoms with E-state index in [1.54, 1.807) is 14.2 Å². The number of anilines is 2. The molecule has 0 saturated carbocycles. The minimum absolute atomic E-state index is 0.231. The highest BCUT2D eigenvalue weighted by Gasteiger charge is 2.13. The Labute approximate surface area is 157 Å². The predicted molar refractivity (Wildman–Crippen MR) is 103 cm³/mol. The Morgan fingerprint density at radius 2 is 1.81 bits per heavy atom. The zero-order chi connectivity index (χ0) is 19.2. The molecule has 0 saturated heterocycles. The summed E-state index contributed by atoms with van der Waals surface area (Å²) in [4.78, 5) is 20.5. The Morgan fingerprint density at radius 3 is 2.48 bits per heavy atom. The molecule has 138 valence electrons. The highest BCUT2D eigenvalue weighted by molar-refractivity contribution is 5.97. The first-order valence-corrected chi connectivity index (χ1v) is 8.29. The number of nitrogens with zero attached hydrogens (tertiary/aromatic N) is 2. The number of nitrogens with two attached hydrogens (primary N) is 1. The van der Waals surface area contributed by atoms with Crippen molar-refractivity contribution in [1.82, 2.24) is 9.97 Å². The fourth-order valence-corrected chi connectivity index (χ4v) is 2.61. The van der Waals surface area contributed by atoms with Gasteiger partial charge in [-0.25, -0.2) is 9.97 Å². The summed E-state index contributed by atoms with van der Waals surface area (Å²) >= 11 is 0. The Morgan fingerprint density at radius 1 is 1.07 bits per heavy atom. The van der Waals surface area contributed by atoms with Crippen molar-refractivity contribution in [2.45, 2.75) is 6.42 Å². The molecule has 2 aromatic carbocycles. The standard InChI is InChI=1S/C20H20N4O3/c1-26-16-9-8-13(10-17(16)27-2)11-18-22-12-15(19(21)25)20(24-18)23-14-6-4-3-5-7-14/h3-10,12H,11H2,1-2H3,(H2,21,25)(H,22,23,24). The summed E-state index contributed by atoms with van der Waals surface area (Å²) in [6.45, 7) is 0. The van der Waals surface area contributed by atoms with E-state index in [0.717, 1.165) is 11.3 Å². The first-order valence-electron chi connectivity index (χ1n) is 8.29. The van der Waals surface area contributed by atoms with Crippen LogP contribution in [-0.2, 0) is 6.42 Å². The van der Waals surface area contributed by atoms with Gasteiger partial charge in [-0.1, -0.05) is 24.3 Å². The molecule has 7 heteroatoms. The lowest BCUT2D eigenvalue weighted by atomic mass is 10.1. The lowest BCUT2D eigenvalue weighted by molar-refractivity contribution is 0.100. The van der Waals surface area contributed by atoms with Crippen molar-refractivity contribution in [3.05, 3.63) is 71.7 Å². The molecule has 3 aromatic rings. The molecule has 0 bridgehead atoms. The van der Waals surface area contributed by atoms with E-state index in [0.29, 0.717) is 29.6 Å². The lowest BCUT2D eigenvalue weighted by Crippen LogP contribution is -2.16. The van der Waals surface area contributed by atoms with Crippen LogP contribution in [0.3, 0.4) is 0 Å². The number of hydrogen-bond donors (Lipinski definition) is 2. The molecule has 7 nitrogen and oxygen atoms in total.